The van der Waals surface area contributed by atoms with E-state index in [0.717, 1.165) is 80.3 Å². The number of halogens is 7. The van der Waals surface area contributed by atoms with E-state index >= 15 is 0 Å². The molecule has 6 aromatic rings. The molecule has 0 aliphatic carbocycles. The molecule has 6 heterocycles. The fourth-order valence-corrected chi connectivity index (χ4v) is 8.66. The van der Waals surface area contributed by atoms with E-state index in [1.165, 1.54) is 42.2 Å². The van der Waals surface area contributed by atoms with Gasteiger partial charge in [-0.1, -0.05) is 95.8 Å². The number of anilines is 3. The molecule has 0 radical (unpaired) electrons. The zero-order chi connectivity index (χ0) is 45.3. The predicted molar refractivity (Wildman–Crippen MR) is 233 cm³/mol. The summed E-state index contributed by atoms with van der Waals surface area (Å²) >= 11 is 7.11. The van der Waals surface area contributed by atoms with E-state index in [4.69, 9.17) is 34.5 Å². The van der Waals surface area contributed by atoms with Crippen molar-refractivity contribution in [2.75, 3.05) is 42.5 Å². The minimum atomic E-state index is -4.56. The van der Waals surface area contributed by atoms with Gasteiger partial charge in [0.25, 0.3) is 0 Å². The zero-order valence-electron chi connectivity index (χ0n) is 33.5. The molecule has 12 nitrogen and oxygen atoms in total. The van der Waals surface area contributed by atoms with Crippen LogP contribution in [-0.4, -0.2) is 56.1 Å². The van der Waals surface area contributed by atoms with Gasteiger partial charge < -0.3 is 33.2 Å². The van der Waals surface area contributed by atoms with Crippen LogP contribution in [0.4, 0.5) is 43.8 Å². The fraction of sp³-hybridized carbons (Fsp3) is 0.286. The van der Waals surface area contributed by atoms with Gasteiger partial charge in [0.2, 0.25) is 0 Å². The number of hydrogen-bond donors (Lipinski definition) is 5. The highest BCUT2D eigenvalue weighted by Gasteiger charge is 2.37. The van der Waals surface area contributed by atoms with Crippen molar-refractivity contribution in [2.45, 2.75) is 69.0 Å². The number of benzene rings is 2. The number of nitrogens with two attached hydrogens (primary N) is 4. The van der Waals surface area contributed by atoms with Gasteiger partial charge in [0.15, 0.2) is 23.0 Å². The number of nitrogens with zero attached hydrogens (tertiary/aromatic N) is 7. The van der Waals surface area contributed by atoms with Crippen LogP contribution in [0, 0.1) is 0 Å². The first-order valence-corrected chi connectivity index (χ1v) is 21.4. The smallest absolute Gasteiger partial charge is 0.381 e. The monoisotopic (exact) mass is 928 g/mol. The highest BCUT2D eigenvalue weighted by atomic mass is 35.5. The second-order valence-corrected chi connectivity index (χ2v) is 16.9. The van der Waals surface area contributed by atoms with Crippen LogP contribution < -0.4 is 33.2 Å². The Kier molecular flexibility index (Phi) is 15.4. The van der Waals surface area contributed by atoms with E-state index in [0.29, 0.717) is 18.9 Å². The Morgan fingerprint density at radius 3 is 1.48 bits per heavy atom. The van der Waals surface area contributed by atoms with Gasteiger partial charge in [0.05, 0.1) is 12.4 Å². The van der Waals surface area contributed by atoms with Gasteiger partial charge in [-0.2, -0.15) is 26.3 Å². The third kappa shape index (κ3) is 12.5. The average Bonchev–Trinajstić information content (AvgIpc) is 3.27. The molecule has 8 rings (SSSR count). The fourth-order valence-electron chi connectivity index (χ4n) is 6.77. The van der Waals surface area contributed by atoms with E-state index in [9.17, 15) is 26.3 Å². The second kappa shape index (κ2) is 20.5. The summed E-state index contributed by atoms with van der Waals surface area (Å²) in [4.78, 5) is 24.9. The molecule has 2 saturated heterocycles. The van der Waals surface area contributed by atoms with Gasteiger partial charge in [0.1, 0.15) is 21.0 Å². The SMILES string of the molecule is NC1(c2ccccc2)CCNCC1.Nc1nc(Cl)cnc1Sc1cccnc1C(F)(F)F.Nc1nc(N2CCC(N)(c3ccccc3)CC2)cnc1Sc1cccnc1C(F)(F)F. The van der Waals surface area contributed by atoms with Crippen LogP contribution in [0.15, 0.2) is 130 Å². The maximum atomic E-state index is 13.2. The molecule has 0 saturated carbocycles. The van der Waals surface area contributed by atoms with Crippen molar-refractivity contribution in [3.8, 4) is 0 Å². The lowest BCUT2D eigenvalue weighted by atomic mass is 9.82. The largest absolute Gasteiger partial charge is 0.434 e. The number of piperidine rings is 2. The normalized spacial score (nSPS) is 15.9. The molecule has 0 spiro atoms. The molecule has 0 atom stereocenters. The quantitative estimate of drug-likeness (QED) is 0.0955. The van der Waals surface area contributed by atoms with Crippen molar-refractivity contribution in [1.29, 1.82) is 0 Å². The summed E-state index contributed by atoms with van der Waals surface area (Å²) in [6, 6.07) is 25.9. The van der Waals surface area contributed by atoms with Crippen LogP contribution in [-0.2, 0) is 23.4 Å². The van der Waals surface area contributed by atoms with Crippen LogP contribution in [0.5, 0.6) is 0 Å². The number of pyridine rings is 2. The summed E-state index contributed by atoms with van der Waals surface area (Å²) in [5, 5.41) is 3.75. The Bertz CT molecular complexity index is 2420. The molecule has 21 heteroatoms. The summed E-state index contributed by atoms with van der Waals surface area (Å²) in [6.45, 7) is 3.41. The number of nitrogens with one attached hydrogen (secondary N) is 1. The summed E-state index contributed by atoms with van der Waals surface area (Å²) < 4.78 is 77.8. The highest BCUT2D eigenvalue weighted by molar-refractivity contribution is 7.99. The molecule has 2 aromatic carbocycles. The molecule has 2 aliphatic rings. The van der Waals surface area contributed by atoms with Crippen molar-refractivity contribution in [1.82, 2.24) is 35.2 Å². The lowest BCUT2D eigenvalue weighted by molar-refractivity contribution is -0.144. The molecule has 63 heavy (non-hydrogen) atoms. The van der Waals surface area contributed by atoms with Gasteiger partial charge in [-0.25, -0.2) is 19.9 Å². The van der Waals surface area contributed by atoms with Crippen molar-refractivity contribution < 1.29 is 26.3 Å². The average molecular weight is 929 g/mol. The lowest BCUT2D eigenvalue weighted by Crippen LogP contribution is -2.48. The number of nitrogen functional groups attached to an aromatic ring is 2. The maximum Gasteiger partial charge on any atom is 0.434 e. The molecular formula is C42H43ClF6N12S2. The van der Waals surface area contributed by atoms with Crippen molar-refractivity contribution in [3.63, 3.8) is 0 Å². The highest BCUT2D eigenvalue weighted by Crippen LogP contribution is 2.41. The van der Waals surface area contributed by atoms with Gasteiger partial charge in [-0.05, 0) is 74.2 Å². The third-order valence-corrected chi connectivity index (χ3v) is 12.4. The Labute approximate surface area is 373 Å². The molecule has 4 aromatic heterocycles. The molecule has 0 unspecified atom stereocenters. The molecule has 9 N–H and O–H groups in total. The van der Waals surface area contributed by atoms with E-state index in [1.54, 1.807) is 0 Å². The van der Waals surface area contributed by atoms with Crippen LogP contribution in [0.2, 0.25) is 5.15 Å². The van der Waals surface area contributed by atoms with E-state index in [1.807, 2.05) is 41.3 Å². The van der Waals surface area contributed by atoms with Gasteiger partial charge in [-0.15, -0.1) is 0 Å². The van der Waals surface area contributed by atoms with Crippen LogP contribution >= 0.6 is 35.1 Å². The van der Waals surface area contributed by atoms with Crippen LogP contribution in [0.25, 0.3) is 0 Å². The third-order valence-electron chi connectivity index (χ3n) is 10.2. The van der Waals surface area contributed by atoms with Crippen molar-refractivity contribution in [3.05, 3.63) is 137 Å². The predicted octanol–water partition coefficient (Wildman–Crippen LogP) is 8.58. The van der Waals surface area contributed by atoms with E-state index in [-0.39, 0.29) is 42.2 Å². The minimum Gasteiger partial charge on any atom is -0.381 e. The Balaban J connectivity index is 0.000000175. The van der Waals surface area contributed by atoms with Crippen molar-refractivity contribution >= 4 is 52.6 Å². The number of rotatable bonds is 7. The lowest BCUT2D eigenvalue weighted by Gasteiger charge is -2.40. The summed E-state index contributed by atoms with van der Waals surface area (Å²) in [5.41, 5.74) is 24.5. The van der Waals surface area contributed by atoms with Crippen molar-refractivity contribution in [2.24, 2.45) is 11.5 Å². The summed E-state index contributed by atoms with van der Waals surface area (Å²) in [6.07, 6.45) is -0.630. The Morgan fingerprint density at radius 2 is 1.03 bits per heavy atom. The second-order valence-electron chi connectivity index (χ2n) is 14.5. The molecule has 0 amide bonds. The van der Waals surface area contributed by atoms with Crippen LogP contribution in [0.1, 0.15) is 48.2 Å². The number of aromatic nitrogens is 6. The summed E-state index contributed by atoms with van der Waals surface area (Å²) in [5.74, 6) is 0.626. The van der Waals surface area contributed by atoms with E-state index in [2.05, 4.69) is 59.5 Å². The van der Waals surface area contributed by atoms with Crippen LogP contribution in [0.3, 0.4) is 0 Å². The maximum absolute atomic E-state index is 13.2. The molecule has 2 fully saturated rings. The number of alkyl halides is 6. The minimum absolute atomic E-state index is 0.0329. The Hall–Kier alpha value is -5.25. The molecule has 0 bridgehead atoms. The molecular weight excluding hydrogens is 886 g/mol. The number of hydrogen-bond acceptors (Lipinski definition) is 14. The first-order chi connectivity index (χ1) is 29.9. The first-order valence-electron chi connectivity index (χ1n) is 19.4. The van der Waals surface area contributed by atoms with Gasteiger partial charge in [-0.3, -0.25) is 9.97 Å². The van der Waals surface area contributed by atoms with E-state index < -0.39 is 29.3 Å². The molecule has 332 valence electrons. The zero-order valence-corrected chi connectivity index (χ0v) is 35.8. The standard InChI is InChI=1S/C21H21F3N6S.C11H16N2.C10H6ClF3N4S/c22-21(23,24)17-15(7-4-10-27-17)31-19-18(25)29-16(13-28-19)30-11-8-20(26,9-12-30)14-5-2-1-3-6-14;12-11(6-8-13-9-7-11)10-4-2-1-3-5-10;11-6-4-17-9(8(15)18-6)19-5-2-1-3-16-7(5)10(12,13)14/h1-7,10,13H,8-9,11-12,26H2,(H2,25,29);1-5,13H,6-9,12H2;1-4H,(H2,15,18). The summed E-state index contributed by atoms with van der Waals surface area (Å²) in [7, 11) is 0. The van der Waals surface area contributed by atoms with Gasteiger partial charge in [0, 0.05) is 46.4 Å². The first kappa shape index (κ1) is 47.2. The Morgan fingerprint density at radius 1 is 0.587 bits per heavy atom. The topological polar surface area (TPSA) is 197 Å². The van der Waals surface area contributed by atoms with Gasteiger partial charge >= 0.3 is 12.4 Å². The molecule has 2 aliphatic heterocycles.